The number of hydrogen-bond donors (Lipinski definition) is 2. The molecule has 1 fully saturated rings. The third-order valence-electron chi connectivity index (χ3n) is 5.18. The van der Waals surface area contributed by atoms with Gasteiger partial charge in [-0.1, -0.05) is 36.4 Å². The van der Waals surface area contributed by atoms with Gasteiger partial charge < -0.3 is 14.9 Å². The fourth-order valence-electron chi connectivity index (χ4n) is 3.97. The van der Waals surface area contributed by atoms with E-state index < -0.39 is 12.2 Å². The topological polar surface area (TPSA) is 53.0 Å². The van der Waals surface area contributed by atoms with Crippen LogP contribution in [0.5, 0.6) is 0 Å². The van der Waals surface area contributed by atoms with Crippen LogP contribution >= 0.6 is 0 Å². The highest BCUT2D eigenvalue weighted by Crippen LogP contribution is 2.53. The van der Waals surface area contributed by atoms with Gasteiger partial charge in [-0.2, -0.15) is 0 Å². The summed E-state index contributed by atoms with van der Waals surface area (Å²) >= 11 is 0. The van der Waals surface area contributed by atoms with E-state index in [9.17, 15) is 10.2 Å². The molecule has 110 valence electrons. The summed E-state index contributed by atoms with van der Waals surface area (Å²) in [7, 11) is 0. The predicted molar refractivity (Wildman–Crippen MR) is 84.8 cm³/mol. The molecular weight excluding hydrogens is 276 g/mol. The van der Waals surface area contributed by atoms with Crippen LogP contribution in [0, 0.1) is 6.92 Å². The van der Waals surface area contributed by atoms with Crippen LogP contribution in [-0.4, -0.2) is 22.4 Å². The van der Waals surface area contributed by atoms with Crippen molar-refractivity contribution in [2.24, 2.45) is 0 Å². The molecular formula is C19H16O3. The van der Waals surface area contributed by atoms with Crippen molar-refractivity contribution in [1.29, 1.82) is 0 Å². The van der Waals surface area contributed by atoms with Gasteiger partial charge in [0.15, 0.2) is 0 Å². The lowest BCUT2D eigenvalue weighted by molar-refractivity contribution is 0.0000356. The van der Waals surface area contributed by atoms with Crippen LogP contribution < -0.4 is 0 Å². The second-order valence-corrected chi connectivity index (χ2v) is 6.34. The number of fused-ring (bicyclic) bond motifs is 6. The summed E-state index contributed by atoms with van der Waals surface area (Å²) in [6, 6.07) is 14.6. The second kappa shape index (κ2) is 4.07. The Bertz CT molecular complexity index is 931. The van der Waals surface area contributed by atoms with Crippen molar-refractivity contribution in [2.75, 3.05) is 0 Å². The Morgan fingerprint density at radius 2 is 1.77 bits per heavy atom. The second-order valence-electron chi connectivity index (χ2n) is 6.34. The van der Waals surface area contributed by atoms with Crippen LogP contribution in [0.15, 0.2) is 42.5 Å². The summed E-state index contributed by atoms with van der Waals surface area (Å²) in [5.74, 6) is 0. The number of aryl methyl sites for hydroxylation is 1. The van der Waals surface area contributed by atoms with Crippen molar-refractivity contribution in [3.8, 4) is 0 Å². The van der Waals surface area contributed by atoms with Gasteiger partial charge in [0.25, 0.3) is 0 Å². The molecule has 4 atom stereocenters. The van der Waals surface area contributed by atoms with Crippen molar-refractivity contribution >= 4 is 21.5 Å². The highest BCUT2D eigenvalue weighted by atomic mass is 16.6. The van der Waals surface area contributed by atoms with Crippen LogP contribution in [0.3, 0.4) is 0 Å². The molecule has 22 heavy (non-hydrogen) atoms. The Balaban J connectivity index is 1.92. The van der Waals surface area contributed by atoms with Gasteiger partial charge in [0.2, 0.25) is 0 Å². The summed E-state index contributed by atoms with van der Waals surface area (Å²) in [5.41, 5.74) is 3.02. The lowest BCUT2D eigenvalue weighted by atomic mass is 9.82. The normalized spacial score (nSPS) is 29.4. The first-order chi connectivity index (χ1) is 10.7. The Morgan fingerprint density at radius 1 is 0.955 bits per heavy atom. The Kier molecular flexibility index (Phi) is 2.33. The molecule has 2 aliphatic rings. The van der Waals surface area contributed by atoms with E-state index in [4.69, 9.17) is 4.74 Å². The zero-order valence-electron chi connectivity index (χ0n) is 12.2. The molecule has 3 aromatic rings. The summed E-state index contributed by atoms with van der Waals surface area (Å²) in [4.78, 5) is 0. The number of rotatable bonds is 0. The summed E-state index contributed by atoms with van der Waals surface area (Å²) in [6.07, 6.45) is -2.02. The van der Waals surface area contributed by atoms with Crippen LogP contribution in [-0.2, 0) is 4.74 Å². The maximum absolute atomic E-state index is 10.5. The molecule has 0 radical (unpaired) electrons. The third-order valence-corrected chi connectivity index (χ3v) is 5.18. The summed E-state index contributed by atoms with van der Waals surface area (Å²) in [5, 5.41) is 25.3. The van der Waals surface area contributed by atoms with Gasteiger partial charge in [-0.05, 0) is 51.2 Å². The van der Waals surface area contributed by atoms with E-state index in [0.717, 1.165) is 22.1 Å². The van der Waals surface area contributed by atoms with E-state index in [-0.39, 0.29) is 12.2 Å². The molecule has 1 aliphatic heterocycles. The molecule has 0 spiro atoms. The van der Waals surface area contributed by atoms with Crippen LogP contribution in [0.2, 0.25) is 0 Å². The quantitative estimate of drug-likeness (QED) is 0.494. The highest BCUT2D eigenvalue weighted by molar-refractivity contribution is 6.09. The minimum Gasteiger partial charge on any atom is -0.387 e. The molecule has 0 saturated carbocycles. The molecule has 5 rings (SSSR count). The van der Waals surface area contributed by atoms with Gasteiger partial charge >= 0.3 is 0 Å². The van der Waals surface area contributed by atoms with Crippen molar-refractivity contribution in [3.63, 3.8) is 0 Å². The van der Waals surface area contributed by atoms with Gasteiger partial charge in [-0.3, -0.25) is 0 Å². The maximum atomic E-state index is 10.5. The SMILES string of the molecule is Cc1c2c(cc3c1ccc1ccccc13)[C@@H](O)[C@H](O)[C@H]1O[C@@H]21. The molecule has 2 N–H and O–H groups in total. The molecule has 0 aromatic heterocycles. The Hall–Kier alpha value is -1.94. The molecule has 3 aromatic carbocycles. The van der Waals surface area contributed by atoms with Crippen LogP contribution in [0.25, 0.3) is 21.5 Å². The summed E-state index contributed by atoms with van der Waals surface area (Å²) < 4.78 is 5.59. The van der Waals surface area contributed by atoms with Gasteiger partial charge in [0, 0.05) is 0 Å². The standard InChI is InChI=1S/C19H16O3/c1-9-11-7-6-10-4-2-3-5-12(10)13(11)8-14-15(9)18-19(22-18)17(21)16(14)20/h2-8,16-21H,1H3/t16-,17+,18+,19-/m1/s1. The van der Waals surface area contributed by atoms with Crippen LogP contribution in [0.1, 0.15) is 28.9 Å². The molecule has 0 unspecified atom stereocenters. The predicted octanol–water partition coefficient (Wildman–Crippen LogP) is 3.15. The zero-order chi connectivity index (χ0) is 15.0. The number of hydrogen-bond acceptors (Lipinski definition) is 3. The first-order valence-corrected chi connectivity index (χ1v) is 7.63. The maximum Gasteiger partial charge on any atom is 0.118 e. The first-order valence-electron chi connectivity index (χ1n) is 7.63. The molecule has 1 heterocycles. The fourth-order valence-corrected chi connectivity index (χ4v) is 3.97. The summed E-state index contributed by atoms with van der Waals surface area (Å²) in [6.45, 7) is 2.08. The van der Waals surface area contributed by atoms with Crippen molar-refractivity contribution in [1.82, 2.24) is 0 Å². The number of ether oxygens (including phenoxy) is 1. The smallest absolute Gasteiger partial charge is 0.118 e. The third kappa shape index (κ3) is 1.46. The monoisotopic (exact) mass is 292 g/mol. The average Bonchev–Trinajstić information content (AvgIpc) is 3.33. The van der Waals surface area contributed by atoms with Gasteiger partial charge in [0.1, 0.15) is 24.4 Å². The number of benzene rings is 3. The Labute approximate surface area is 127 Å². The minimum absolute atomic E-state index is 0.0655. The largest absolute Gasteiger partial charge is 0.387 e. The van der Waals surface area contributed by atoms with E-state index in [1.54, 1.807) is 0 Å². The number of aliphatic hydroxyl groups excluding tert-OH is 2. The fraction of sp³-hybridized carbons (Fsp3) is 0.263. The van der Waals surface area contributed by atoms with Crippen molar-refractivity contribution in [2.45, 2.75) is 31.3 Å². The molecule has 1 saturated heterocycles. The molecule has 1 aliphatic carbocycles. The van der Waals surface area contributed by atoms with Gasteiger partial charge in [-0.15, -0.1) is 0 Å². The van der Waals surface area contributed by atoms with E-state index in [0.29, 0.717) is 0 Å². The zero-order valence-corrected chi connectivity index (χ0v) is 12.2. The molecule has 3 nitrogen and oxygen atoms in total. The van der Waals surface area contributed by atoms with E-state index in [2.05, 4.69) is 31.2 Å². The van der Waals surface area contributed by atoms with E-state index in [1.807, 2.05) is 18.2 Å². The number of epoxide rings is 1. The molecule has 0 amide bonds. The average molecular weight is 292 g/mol. The lowest BCUT2D eigenvalue weighted by Crippen LogP contribution is -2.29. The lowest BCUT2D eigenvalue weighted by Gasteiger charge is -2.26. The van der Waals surface area contributed by atoms with Gasteiger partial charge in [-0.25, -0.2) is 0 Å². The van der Waals surface area contributed by atoms with Gasteiger partial charge in [0.05, 0.1) is 0 Å². The molecule has 3 heteroatoms. The Morgan fingerprint density at radius 3 is 2.64 bits per heavy atom. The minimum atomic E-state index is -0.874. The van der Waals surface area contributed by atoms with E-state index in [1.165, 1.54) is 16.2 Å². The highest BCUT2D eigenvalue weighted by Gasteiger charge is 2.54. The van der Waals surface area contributed by atoms with Crippen LogP contribution in [0.4, 0.5) is 0 Å². The van der Waals surface area contributed by atoms with Crippen molar-refractivity contribution < 1.29 is 14.9 Å². The number of aliphatic hydroxyl groups is 2. The van der Waals surface area contributed by atoms with Crippen molar-refractivity contribution in [3.05, 3.63) is 59.2 Å². The van der Waals surface area contributed by atoms with E-state index >= 15 is 0 Å². The first kappa shape index (κ1) is 12.6. The molecule has 0 bridgehead atoms.